The van der Waals surface area contributed by atoms with Crippen LogP contribution in [-0.4, -0.2) is 25.4 Å². The largest absolute Gasteiger partial charge is 0.488 e. The summed E-state index contributed by atoms with van der Waals surface area (Å²) < 4.78 is 7.13. The first kappa shape index (κ1) is 14.3. The van der Waals surface area contributed by atoms with Crippen LogP contribution in [-0.2, 0) is 0 Å². The number of ether oxygens (including phenoxy) is 1. The quantitative estimate of drug-likeness (QED) is 0.789. The van der Waals surface area contributed by atoms with Crippen molar-refractivity contribution in [2.45, 2.75) is 33.3 Å². The van der Waals surface area contributed by atoms with Crippen LogP contribution in [0.2, 0.25) is 0 Å². The highest BCUT2D eigenvalue weighted by Gasteiger charge is 2.14. The number of rotatable bonds is 2. The summed E-state index contributed by atoms with van der Waals surface area (Å²) in [6.07, 6.45) is 1.60. The number of aromatic amines is 1. The molecule has 0 saturated carbocycles. The average Bonchev–Trinajstić information content (AvgIpc) is 2.79. The number of nitrogens with zero attached hydrogens (tertiary/aromatic N) is 3. The first-order chi connectivity index (χ1) is 10.3. The van der Waals surface area contributed by atoms with Crippen LogP contribution in [0.1, 0.15) is 26.3 Å². The standard InChI is InChI=1S/C16H18N4O2/c1-10-9-11(22-16(2,3)4)5-6-12(10)13-7-8-17-20-14(13)18-19-15(20)21/h5-9H,1-4H3,(H,19,21). The van der Waals surface area contributed by atoms with Gasteiger partial charge in [0.15, 0.2) is 5.65 Å². The van der Waals surface area contributed by atoms with E-state index >= 15 is 0 Å². The van der Waals surface area contributed by atoms with E-state index in [2.05, 4.69) is 15.3 Å². The minimum absolute atomic E-state index is 0.243. The van der Waals surface area contributed by atoms with Gasteiger partial charge in [-0.15, -0.1) is 0 Å². The second-order valence-corrected chi connectivity index (χ2v) is 6.20. The highest BCUT2D eigenvalue weighted by Crippen LogP contribution is 2.29. The van der Waals surface area contributed by atoms with Gasteiger partial charge in [-0.3, -0.25) is 0 Å². The average molecular weight is 298 g/mol. The molecular weight excluding hydrogens is 280 g/mol. The summed E-state index contributed by atoms with van der Waals surface area (Å²) in [7, 11) is 0. The molecule has 1 aromatic carbocycles. The van der Waals surface area contributed by atoms with E-state index in [1.165, 1.54) is 4.52 Å². The van der Waals surface area contributed by atoms with Crippen molar-refractivity contribution in [2.75, 3.05) is 0 Å². The number of fused-ring (bicyclic) bond motifs is 1. The molecule has 1 N–H and O–H groups in total. The van der Waals surface area contributed by atoms with E-state index < -0.39 is 0 Å². The van der Waals surface area contributed by atoms with E-state index in [9.17, 15) is 4.79 Å². The lowest BCUT2D eigenvalue weighted by Crippen LogP contribution is -2.22. The molecule has 6 heteroatoms. The molecule has 0 spiro atoms. The maximum atomic E-state index is 11.6. The van der Waals surface area contributed by atoms with Crippen LogP contribution in [0.3, 0.4) is 0 Å². The molecular formula is C16H18N4O2. The summed E-state index contributed by atoms with van der Waals surface area (Å²) in [6, 6.07) is 7.74. The lowest BCUT2D eigenvalue weighted by atomic mass is 10.0. The van der Waals surface area contributed by atoms with Crippen molar-refractivity contribution in [3.63, 3.8) is 0 Å². The molecule has 114 valence electrons. The minimum Gasteiger partial charge on any atom is -0.488 e. The second kappa shape index (κ2) is 4.98. The van der Waals surface area contributed by atoms with Gasteiger partial charge in [-0.05, 0) is 57.0 Å². The van der Waals surface area contributed by atoms with Crippen LogP contribution in [0.25, 0.3) is 16.8 Å². The number of aromatic nitrogens is 4. The van der Waals surface area contributed by atoms with Gasteiger partial charge in [-0.25, -0.2) is 9.89 Å². The topological polar surface area (TPSA) is 72.3 Å². The lowest BCUT2D eigenvalue weighted by molar-refractivity contribution is 0.131. The van der Waals surface area contributed by atoms with Crippen molar-refractivity contribution in [1.29, 1.82) is 0 Å². The number of hydrogen-bond donors (Lipinski definition) is 1. The maximum absolute atomic E-state index is 11.6. The van der Waals surface area contributed by atoms with Gasteiger partial charge in [0.2, 0.25) is 0 Å². The molecule has 0 aliphatic rings. The van der Waals surface area contributed by atoms with Crippen LogP contribution in [0.4, 0.5) is 0 Å². The third kappa shape index (κ3) is 2.59. The fourth-order valence-corrected chi connectivity index (χ4v) is 2.39. The Hall–Kier alpha value is -2.63. The fraction of sp³-hybridized carbons (Fsp3) is 0.312. The van der Waals surface area contributed by atoms with Gasteiger partial charge < -0.3 is 4.74 Å². The molecule has 0 aliphatic heterocycles. The van der Waals surface area contributed by atoms with Crippen LogP contribution in [0, 0.1) is 6.92 Å². The summed E-state index contributed by atoms with van der Waals surface area (Å²) in [5.41, 5.74) is 2.82. The molecule has 2 heterocycles. The minimum atomic E-state index is -0.345. The number of hydrogen-bond acceptors (Lipinski definition) is 4. The zero-order valence-electron chi connectivity index (χ0n) is 13.0. The molecule has 22 heavy (non-hydrogen) atoms. The highest BCUT2D eigenvalue weighted by atomic mass is 16.5. The van der Waals surface area contributed by atoms with Gasteiger partial charge in [0.1, 0.15) is 11.4 Å². The Morgan fingerprint density at radius 1 is 1.18 bits per heavy atom. The van der Waals surface area contributed by atoms with Crippen molar-refractivity contribution >= 4 is 5.65 Å². The Labute approximate surface area is 127 Å². The summed E-state index contributed by atoms with van der Waals surface area (Å²) in [6.45, 7) is 8.04. The summed E-state index contributed by atoms with van der Waals surface area (Å²) in [5.74, 6) is 0.818. The Bertz CT molecular complexity index is 887. The predicted molar refractivity (Wildman–Crippen MR) is 84.2 cm³/mol. The van der Waals surface area contributed by atoms with Gasteiger partial charge in [-0.2, -0.15) is 14.7 Å². The van der Waals surface area contributed by atoms with Crippen molar-refractivity contribution in [2.24, 2.45) is 0 Å². The Balaban J connectivity index is 2.10. The molecule has 0 bridgehead atoms. The van der Waals surface area contributed by atoms with E-state index in [1.807, 2.05) is 52.0 Å². The van der Waals surface area contributed by atoms with E-state index in [4.69, 9.17) is 4.74 Å². The third-order valence-electron chi connectivity index (χ3n) is 3.23. The third-order valence-corrected chi connectivity index (χ3v) is 3.23. The molecule has 0 fully saturated rings. The monoisotopic (exact) mass is 298 g/mol. The van der Waals surface area contributed by atoms with Crippen LogP contribution in [0.15, 0.2) is 35.3 Å². The van der Waals surface area contributed by atoms with E-state index in [-0.39, 0.29) is 11.3 Å². The molecule has 0 amide bonds. The number of nitrogens with one attached hydrogen (secondary N) is 1. The summed E-state index contributed by atoms with van der Waals surface area (Å²) in [4.78, 5) is 11.6. The molecule has 0 saturated heterocycles. The Kier molecular flexibility index (Phi) is 3.24. The molecule has 3 aromatic rings. The van der Waals surface area contributed by atoms with Crippen LogP contribution >= 0.6 is 0 Å². The zero-order chi connectivity index (χ0) is 15.9. The van der Waals surface area contributed by atoms with Gasteiger partial charge in [-0.1, -0.05) is 6.07 Å². The zero-order valence-corrected chi connectivity index (χ0v) is 13.0. The summed E-state index contributed by atoms with van der Waals surface area (Å²) in [5, 5.41) is 10.5. The first-order valence-corrected chi connectivity index (χ1v) is 7.08. The van der Waals surface area contributed by atoms with Gasteiger partial charge >= 0.3 is 5.69 Å². The normalized spacial score (nSPS) is 11.8. The van der Waals surface area contributed by atoms with Gasteiger partial charge in [0, 0.05) is 11.8 Å². The van der Waals surface area contributed by atoms with Crippen LogP contribution < -0.4 is 10.4 Å². The predicted octanol–water partition coefficient (Wildman–Crippen LogP) is 2.57. The van der Waals surface area contributed by atoms with E-state index in [0.29, 0.717) is 5.65 Å². The van der Waals surface area contributed by atoms with Crippen molar-refractivity contribution < 1.29 is 4.74 Å². The molecule has 0 unspecified atom stereocenters. The smallest absolute Gasteiger partial charge is 0.364 e. The van der Waals surface area contributed by atoms with E-state index in [1.54, 1.807) is 6.20 Å². The number of aryl methyl sites for hydroxylation is 1. The SMILES string of the molecule is Cc1cc(OC(C)(C)C)ccc1-c1ccnn2c(=O)[nH]nc12. The Morgan fingerprint density at radius 2 is 1.95 bits per heavy atom. The van der Waals surface area contributed by atoms with E-state index in [0.717, 1.165) is 22.4 Å². The molecule has 3 rings (SSSR count). The maximum Gasteiger partial charge on any atom is 0.364 e. The van der Waals surface area contributed by atoms with Crippen molar-refractivity contribution in [3.05, 3.63) is 46.5 Å². The van der Waals surface area contributed by atoms with Crippen molar-refractivity contribution in [3.8, 4) is 16.9 Å². The highest BCUT2D eigenvalue weighted by molar-refractivity contribution is 5.79. The second-order valence-electron chi connectivity index (χ2n) is 6.20. The van der Waals surface area contributed by atoms with Crippen molar-refractivity contribution in [1.82, 2.24) is 19.8 Å². The molecule has 0 aliphatic carbocycles. The lowest BCUT2D eigenvalue weighted by Gasteiger charge is -2.22. The molecule has 6 nitrogen and oxygen atoms in total. The summed E-state index contributed by atoms with van der Waals surface area (Å²) >= 11 is 0. The van der Waals surface area contributed by atoms with Gasteiger partial charge in [0.05, 0.1) is 0 Å². The van der Waals surface area contributed by atoms with Crippen LogP contribution in [0.5, 0.6) is 5.75 Å². The Morgan fingerprint density at radius 3 is 2.64 bits per heavy atom. The fourth-order valence-electron chi connectivity index (χ4n) is 2.39. The first-order valence-electron chi connectivity index (χ1n) is 7.08. The molecule has 2 aromatic heterocycles. The molecule has 0 radical (unpaired) electrons. The molecule has 0 atom stereocenters. The number of H-pyrrole nitrogens is 1. The van der Waals surface area contributed by atoms with Gasteiger partial charge in [0.25, 0.3) is 0 Å². The number of benzene rings is 1.